The van der Waals surface area contributed by atoms with Gasteiger partial charge in [-0.05, 0) is 56.0 Å². The summed E-state index contributed by atoms with van der Waals surface area (Å²) in [6.45, 7) is 14.8. The molecule has 0 fully saturated rings. The Balaban J connectivity index is 2.91. The number of nitrogens with zero attached hydrogens (tertiary/aromatic N) is 2. The van der Waals surface area contributed by atoms with E-state index in [9.17, 15) is 0 Å². The second kappa shape index (κ2) is 8.60. The minimum atomic E-state index is 0.329. The fourth-order valence-corrected chi connectivity index (χ4v) is 2.83. The second-order valence-corrected chi connectivity index (χ2v) is 6.81. The van der Waals surface area contributed by atoms with Crippen LogP contribution in [0.15, 0.2) is 28.2 Å². The van der Waals surface area contributed by atoms with E-state index in [1.165, 1.54) is 11.1 Å². The number of hydrogen-bond donors (Lipinski definition) is 0. The maximum absolute atomic E-state index is 6.07. The average Bonchev–Trinajstić information content (AvgIpc) is 2.45. The van der Waals surface area contributed by atoms with E-state index in [-0.39, 0.29) is 0 Å². The van der Waals surface area contributed by atoms with Crippen LogP contribution in [0.4, 0.5) is 0 Å². The summed E-state index contributed by atoms with van der Waals surface area (Å²) in [6.07, 6.45) is 2.86. The molecule has 0 atom stereocenters. The summed E-state index contributed by atoms with van der Waals surface area (Å²) in [6, 6.07) is 0. The highest BCUT2D eigenvalue weighted by Crippen LogP contribution is 2.27. The molecule has 1 heterocycles. The first kappa shape index (κ1) is 18.2. The lowest BCUT2D eigenvalue weighted by atomic mass is 9.98. The molecule has 0 aromatic carbocycles. The summed E-state index contributed by atoms with van der Waals surface area (Å²) in [5, 5.41) is 3.42. The first-order valence-electron chi connectivity index (χ1n) is 7.38. The molecule has 21 heavy (non-hydrogen) atoms. The predicted octanol–water partition coefficient (Wildman–Crippen LogP) is 5.99. The Morgan fingerprint density at radius 1 is 1.38 bits per heavy atom. The summed E-state index contributed by atoms with van der Waals surface area (Å²) >= 11 is 7.70. The van der Waals surface area contributed by atoms with Crippen LogP contribution in [-0.4, -0.2) is 9.97 Å². The molecule has 0 bridgehead atoms. The van der Waals surface area contributed by atoms with Crippen LogP contribution in [0.1, 0.15) is 51.8 Å². The molecule has 116 valence electrons. The van der Waals surface area contributed by atoms with Gasteiger partial charge in [0.05, 0.1) is 0 Å². The summed E-state index contributed by atoms with van der Waals surface area (Å²) in [5.74, 6) is 0.506. The van der Waals surface area contributed by atoms with Crippen LogP contribution >= 0.6 is 23.4 Å². The van der Waals surface area contributed by atoms with Crippen LogP contribution in [-0.2, 0) is 6.42 Å². The highest BCUT2D eigenvalue weighted by molar-refractivity contribution is 8.02. The van der Waals surface area contributed by atoms with Crippen molar-refractivity contribution in [2.24, 2.45) is 5.92 Å². The highest BCUT2D eigenvalue weighted by atomic mass is 35.5. The number of halogens is 1. The van der Waals surface area contributed by atoms with Crippen molar-refractivity contribution in [3.8, 4) is 0 Å². The van der Waals surface area contributed by atoms with Gasteiger partial charge in [-0.25, -0.2) is 9.97 Å². The Hall–Kier alpha value is -0.800. The van der Waals surface area contributed by atoms with Gasteiger partial charge in [-0.15, -0.1) is 0 Å². The average molecular weight is 325 g/mol. The molecule has 0 N–H and O–H groups in total. The van der Waals surface area contributed by atoms with Gasteiger partial charge in [0.25, 0.3) is 0 Å². The molecule has 0 radical (unpaired) electrons. The Bertz CT molecular complexity index is 536. The standard InChI is InChI=1S/C17H25ClN2S/c1-7-12(4)10-21-16-14(6)15(19-17(18)20-16)9-8-13(5)11(2)3/h10-11H,5,7-9H2,1-4,6H3/b12-10+. The number of rotatable bonds is 7. The van der Waals surface area contributed by atoms with Gasteiger partial charge < -0.3 is 0 Å². The van der Waals surface area contributed by atoms with Gasteiger partial charge in [-0.2, -0.15) is 0 Å². The zero-order valence-electron chi connectivity index (χ0n) is 13.7. The van der Waals surface area contributed by atoms with Gasteiger partial charge in [0.15, 0.2) is 0 Å². The molecule has 0 aliphatic heterocycles. The minimum absolute atomic E-state index is 0.329. The molecule has 1 rings (SSSR count). The van der Waals surface area contributed by atoms with E-state index < -0.39 is 0 Å². The van der Waals surface area contributed by atoms with Crippen molar-refractivity contribution < 1.29 is 0 Å². The third kappa shape index (κ3) is 5.84. The Morgan fingerprint density at radius 3 is 2.62 bits per heavy atom. The van der Waals surface area contributed by atoms with Gasteiger partial charge in [0.2, 0.25) is 5.28 Å². The van der Waals surface area contributed by atoms with Crippen LogP contribution in [0.3, 0.4) is 0 Å². The fourth-order valence-electron chi connectivity index (χ4n) is 1.68. The Kier molecular flexibility index (Phi) is 7.47. The van der Waals surface area contributed by atoms with Crippen LogP contribution in [0.2, 0.25) is 5.28 Å². The summed E-state index contributed by atoms with van der Waals surface area (Å²) in [4.78, 5) is 8.74. The number of thioether (sulfide) groups is 1. The molecular weight excluding hydrogens is 300 g/mol. The summed E-state index contributed by atoms with van der Waals surface area (Å²) < 4.78 is 0. The molecule has 0 aliphatic carbocycles. The van der Waals surface area contributed by atoms with Crippen molar-refractivity contribution in [1.29, 1.82) is 0 Å². The van der Waals surface area contributed by atoms with E-state index >= 15 is 0 Å². The van der Waals surface area contributed by atoms with E-state index in [1.807, 2.05) is 0 Å². The van der Waals surface area contributed by atoms with Crippen molar-refractivity contribution in [3.63, 3.8) is 0 Å². The highest BCUT2D eigenvalue weighted by Gasteiger charge is 2.11. The van der Waals surface area contributed by atoms with E-state index in [4.69, 9.17) is 11.6 Å². The Labute approximate surface area is 138 Å². The zero-order valence-corrected chi connectivity index (χ0v) is 15.2. The third-order valence-corrected chi connectivity index (χ3v) is 4.91. The number of hydrogen-bond acceptors (Lipinski definition) is 3. The molecule has 1 aromatic rings. The van der Waals surface area contributed by atoms with Crippen molar-refractivity contribution >= 4 is 23.4 Å². The lowest BCUT2D eigenvalue weighted by molar-refractivity contribution is 0.704. The fraction of sp³-hybridized carbons (Fsp3) is 0.529. The number of aryl methyl sites for hydroxylation is 1. The van der Waals surface area contributed by atoms with Crippen molar-refractivity contribution in [1.82, 2.24) is 9.97 Å². The zero-order chi connectivity index (χ0) is 16.0. The lowest BCUT2D eigenvalue weighted by Gasteiger charge is -2.12. The quantitative estimate of drug-likeness (QED) is 0.266. The van der Waals surface area contributed by atoms with Gasteiger partial charge in [-0.3, -0.25) is 0 Å². The van der Waals surface area contributed by atoms with Gasteiger partial charge in [0, 0.05) is 11.3 Å². The monoisotopic (exact) mass is 324 g/mol. The molecule has 0 saturated carbocycles. The first-order valence-corrected chi connectivity index (χ1v) is 8.63. The number of aromatic nitrogens is 2. The van der Waals surface area contributed by atoms with Crippen LogP contribution < -0.4 is 0 Å². The molecule has 4 heteroatoms. The molecule has 0 saturated heterocycles. The predicted molar refractivity (Wildman–Crippen MR) is 94.0 cm³/mol. The molecular formula is C17H25ClN2S. The number of allylic oxidation sites excluding steroid dienone is 2. The van der Waals surface area contributed by atoms with Gasteiger partial charge in [0.1, 0.15) is 5.03 Å². The summed E-state index contributed by atoms with van der Waals surface area (Å²) in [7, 11) is 0. The largest absolute Gasteiger partial charge is 0.223 e. The molecule has 0 spiro atoms. The molecule has 1 aromatic heterocycles. The van der Waals surface area contributed by atoms with Crippen LogP contribution in [0, 0.1) is 12.8 Å². The van der Waals surface area contributed by atoms with E-state index in [1.54, 1.807) is 11.8 Å². The van der Waals surface area contributed by atoms with E-state index in [0.717, 1.165) is 35.5 Å². The molecule has 0 unspecified atom stereocenters. The van der Waals surface area contributed by atoms with Crippen molar-refractivity contribution in [2.75, 3.05) is 0 Å². The van der Waals surface area contributed by atoms with Gasteiger partial charge in [-0.1, -0.05) is 50.3 Å². The Morgan fingerprint density at radius 2 is 2.05 bits per heavy atom. The van der Waals surface area contributed by atoms with E-state index in [2.05, 4.69) is 56.6 Å². The molecule has 0 amide bonds. The third-order valence-electron chi connectivity index (χ3n) is 3.60. The maximum atomic E-state index is 6.07. The second-order valence-electron chi connectivity index (χ2n) is 5.62. The summed E-state index contributed by atoms with van der Waals surface area (Å²) in [5.41, 5.74) is 4.74. The minimum Gasteiger partial charge on any atom is -0.223 e. The smallest absolute Gasteiger partial charge is 0.223 e. The molecule has 2 nitrogen and oxygen atoms in total. The van der Waals surface area contributed by atoms with Crippen LogP contribution in [0.25, 0.3) is 0 Å². The SMILES string of the molecule is C=C(CCc1nc(Cl)nc(S/C=C(\C)CC)c1C)C(C)C. The van der Waals surface area contributed by atoms with Gasteiger partial charge >= 0.3 is 0 Å². The topological polar surface area (TPSA) is 25.8 Å². The van der Waals surface area contributed by atoms with Crippen LogP contribution in [0.5, 0.6) is 0 Å². The van der Waals surface area contributed by atoms with E-state index in [0.29, 0.717) is 11.2 Å². The maximum Gasteiger partial charge on any atom is 0.223 e. The van der Waals surface area contributed by atoms with Crippen molar-refractivity contribution in [2.45, 2.75) is 58.9 Å². The molecule has 0 aliphatic rings. The normalized spacial score (nSPS) is 12.0. The van der Waals surface area contributed by atoms with Crippen molar-refractivity contribution in [3.05, 3.63) is 39.7 Å². The first-order chi connectivity index (χ1) is 9.85. The lowest BCUT2D eigenvalue weighted by Crippen LogP contribution is -2.02.